The fourth-order valence-electron chi connectivity index (χ4n) is 4.81. The fraction of sp³-hybridized carbons (Fsp3) is 0.391. The Morgan fingerprint density at radius 1 is 1.10 bits per heavy atom. The number of ether oxygens (including phenoxy) is 1. The van der Waals surface area contributed by atoms with E-state index in [1.54, 1.807) is 0 Å². The summed E-state index contributed by atoms with van der Waals surface area (Å²) in [5, 5.41) is 6.43. The molecule has 0 aliphatic carbocycles. The second kappa shape index (κ2) is 8.35. The van der Waals surface area contributed by atoms with E-state index in [9.17, 15) is 9.59 Å². The van der Waals surface area contributed by atoms with Gasteiger partial charge in [-0.3, -0.25) is 9.69 Å². The van der Waals surface area contributed by atoms with Crippen LogP contribution in [0.2, 0.25) is 0 Å². The zero-order valence-electron chi connectivity index (χ0n) is 16.7. The van der Waals surface area contributed by atoms with Crippen molar-refractivity contribution in [3.8, 4) is 0 Å². The molecule has 2 saturated heterocycles. The van der Waals surface area contributed by atoms with Crippen LogP contribution in [0.4, 0.5) is 0 Å². The average molecular weight is 393 g/mol. The van der Waals surface area contributed by atoms with Gasteiger partial charge in [0.05, 0.1) is 12.7 Å². The van der Waals surface area contributed by atoms with Gasteiger partial charge in [0.1, 0.15) is 0 Å². The molecule has 2 aliphatic heterocycles. The molecule has 6 nitrogen and oxygen atoms in total. The SMILES string of the molecule is COC(=O)c1ccc(C(N2CCNC2)C2(c3ccccc3)CCNC(=O)C2)cc1. The third-order valence-corrected chi connectivity index (χ3v) is 6.14. The number of esters is 1. The van der Waals surface area contributed by atoms with E-state index in [1.165, 1.54) is 12.7 Å². The highest BCUT2D eigenvalue weighted by molar-refractivity contribution is 5.89. The summed E-state index contributed by atoms with van der Waals surface area (Å²) in [5.74, 6) is -0.255. The molecular formula is C23H27N3O3. The van der Waals surface area contributed by atoms with Gasteiger partial charge in [-0.05, 0) is 29.7 Å². The van der Waals surface area contributed by atoms with Crippen LogP contribution < -0.4 is 10.6 Å². The molecule has 2 aromatic carbocycles. The van der Waals surface area contributed by atoms with Gasteiger partial charge in [-0.25, -0.2) is 4.79 Å². The number of rotatable bonds is 5. The van der Waals surface area contributed by atoms with E-state index < -0.39 is 0 Å². The fourth-order valence-corrected chi connectivity index (χ4v) is 4.81. The molecular weight excluding hydrogens is 366 g/mol. The third kappa shape index (κ3) is 3.78. The standard InChI is InChI=1S/C23H27N3O3/c1-29-22(28)18-9-7-17(8-10-18)21(26-14-13-24-16-26)23(11-12-25-20(27)15-23)19-5-3-2-4-6-19/h2-10,21,24H,11-16H2,1H3,(H,25,27). The number of piperidine rings is 1. The van der Waals surface area contributed by atoms with Crippen molar-refractivity contribution in [3.63, 3.8) is 0 Å². The Morgan fingerprint density at radius 3 is 2.48 bits per heavy atom. The molecule has 2 aromatic rings. The minimum absolute atomic E-state index is 0.0256. The number of carbonyl (C=O) groups is 2. The second-order valence-corrected chi connectivity index (χ2v) is 7.79. The lowest BCUT2D eigenvalue weighted by Crippen LogP contribution is -2.51. The Kier molecular flexibility index (Phi) is 5.65. The van der Waals surface area contributed by atoms with Crippen LogP contribution >= 0.6 is 0 Å². The van der Waals surface area contributed by atoms with Crippen LogP contribution in [0, 0.1) is 0 Å². The normalized spacial score (nSPS) is 23.4. The Hall–Kier alpha value is -2.70. The second-order valence-electron chi connectivity index (χ2n) is 7.79. The summed E-state index contributed by atoms with van der Waals surface area (Å²) in [4.78, 5) is 26.9. The van der Waals surface area contributed by atoms with E-state index in [1.807, 2.05) is 42.5 Å². The van der Waals surface area contributed by atoms with Gasteiger partial charge >= 0.3 is 5.97 Å². The Balaban J connectivity index is 1.82. The first-order valence-electron chi connectivity index (χ1n) is 10.1. The summed E-state index contributed by atoms with van der Waals surface area (Å²) in [6.07, 6.45) is 1.31. The predicted molar refractivity (Wildman–Crippen MR) is 110 cm³/mol. The smallest absolute Gasteiger partial charge is 0.337 e. The molecule has 2 N–H and O–H groups in total. The minimum Gasteiger partial charge on any atom is -0.465 e. The zero-order chi connectivity index (χ0) is 20.3. The van der Waals surface area contributed by atoms with Crippen molar-refractivity contribution in [1.29, 1.82) is 0 Å². The highest BCUT2D eigenvalue weighted by Crippen LogP contribution is 2.48. The first-order chi connectivity index (χ1) is 14.1. The van der Waals surface area contributed by atoms with Crippen LogP contribution in [-0.4, -0.2) is 50.2 Å². The highest BCUT2D eigenvalue weighted by atomic mass is 16.5. The molecule has 2 atom stereocenters. The quantitative estimate of drug-likeness (QED) is 0.763. The molecule has 4 rings (SSSR count). The van der Waals surface area contributed by atoms with Crippen LogP contribution in [-0.2, 0) is 14.9 Å². The summed E-state index contributed by atoms with van der Waals surface area (Å²) in [6.45, 7) is 3.28. The van der Waals surface area contributed by atoms with Crippen molar-refractivity contribution in [2.45, 2.75) is 24.3 Å². The molecule has 0 bridgehead atoms. The van der Waals surface area contributed by atoms with E-state index in [0.29, 0.717) is 18.5 Å². The van der Waals surface area contributed by atoms with Crippen LogP contribution in [0.25, 0.3) is 0 Å². The Labute approximate surface area is 171 Å². The number of methoxy groups -OCH3 is 1. The zero-order valence-corrected chi connectivity index (χ0v) is 16.7. The summed E-state index contributed by atoms with van der Waals surface area (Å²) in [7, 11) is 1.39. The number of hydrogen-bond acceptors (Lipinski definition) is 5. The molecule has 0 spiro atoms. The molecule has 0 radical (unpaired) electrons. The van der Waals surface area contributed by atoms with Crippen LogP contribution in [0.3, 0.4) is 0 Å². The van der Waals surface area contributed by atoms with Gasteiger partial charge in [-0.2, -0.15) is 0 Å². The van der Waals surface area contributed by atoms with E-state index in [2.05, 4.69) is 27.7 Å². The summed E-state index contributed by atoms with van der Waals surface area (Å²) >= 11 is 0. The Bertz CT molecular complexity index is 863. The average Bonchev–Trinajstić information content (AvgIpc) is 3.28. The van der Waals surface area contributed by atoms with Crippen molar-refractivity contribution in [1.82, 2.24) is 15.5 Å². The number of benzene rings is 2. The van der Waals surface area contributed by atoms with Crippen molar-refractivity contribution in [2.24, 2.45) is 0 Å². The molecule has 0 saturated carbocycles. The van der Waals surface area contributed by atoms with E-state index in [-0.39, 0.29) is 23.3 Å². The number of nitrogens with one attached hydrogen (secondary N) is 2. The van der Waals surface area contributed by atoms with Gasteiger partial charge in [0.15, 0.2) is 0 Å². The number of carbonyl (C=O) groups excluding carboxylic acids is 2. The predicted octanol–water partition coefficient (Wildman–Crippen LogP) is 2.22. The maximum atomic E-state index is 12.6. The highest BCUT2D eigenvalue weighted by Gasteiger charge is 2.47. The summed E-state index contributed by atoms with van der Waals surface area (Å²) in [5.41, 5.74) is 2.50. The maximum Gasteiger partial charge on any atom is 0.337 e. The first-order valence-corrected chi connectivity index (χ1v) is 10.1. The minimum atomic E-state index is -0.342. The van der Waals surface area contributed by atoms with Gasteiger partial charge in [-0.1, -0.05) is 42.5 Å². The third-order valence-electron chi connectivity index (χ3n) is 6.14. The van der Waals surface area contributed by atoms with Crippen molar-refractivity contribution < 1.29 is 14.3 Å². The van der Waals surface area contributed by atoms with E-state index in [4.69, 9.17) is 4.74 Å². The molecule has 2 unspecified atom stereocenters. The lowest BCUT2D eigenvalue weighted by Gasteiger charge is -2.47. The van der Waals surface area contributed by atoms with Gasteiger partial charge in [0.2, 0.25) is 5.91 Å². The summed E-state index contributed by atoms with van der Waals surface area (Å²) in [6, 6.07) is 18.1. The molecule has 6 heteroatoms. The van der Waals surface area contributed by atoms with Crippen molar-refractivity contribution >= 4 is 11.9 Å². The van der Waals surface area contributed by atoms with Crippen molar-refractivity contribution in [2.75, 3.05) is 33.4 Å². The molecule has 2 aliphatic rings. The molecule has 0 aromatic heterocycles. The van der Waals surface area contributed by atoms with E-state index >= 15 is 0 Å². The molecule has 29 heavy (non-hydrogen) atoms. The number of nitrogens with zero attached hydrogens (tertiary/aromatic N) is 1. The van der Waals surface area contributed by atoms with Gasteiger partial charge in [0, 0.05) is 44.2 Å². The summed E-state index contributed by atoms with van der Waals surface area (Å²) < 4.78 is 4.84. The van der Waals surface area contributed by atoms with Crippen LogP contribution in [0.15, 0.2) is 54.6 Å². The largest absolute Gasteiger partial charge is 0.465 e. The van der Waals surface area contributed by atoms with Crippen LogP contribution in [0.1, 0.15) is 40.4 Å². The van der Waals surface area contributed by atoms with Crippen LogP contribution in [0.5, 0.6) is 0 Å². The lowest BCUT2D eigenvalue weighted by atomic mass is 9.65. The number of amides is 1. The van der Waals surface area contributed by atoms with Gasteiger partial charge in [0.25, 0.3) is 0 Å². The van der Waals surface area contributed by atoms with Gasteiger partial charge in [-0.15, -0.1) is 0 Å². The molecule has 2 heterocycles. The Morgan fingerprint density at radius 2 is 1.86 bits per heavy atom. The lowest BCUT2D eigenvalue weighted by molar-refractivity contribution is -0.125. The molecule has 1 amide bonds. The first kappa shape index (κ1) is 19.6. The maximum absolute atomic E-state index is 12.6. The number of hydrogen-bond donors (Lipinski definition) is 2. The van der Waals surface area contributed by atoms with E-state index in [0.717, 1.165) is 31.7 Å². The molecule has 152 valence electrons. The van der Waals surface area contributed by atoms with Crippen molar-refractivity contribution in [3.05, 3.63) is 71.3 Å². The topological polar surface area (TPSA) is 70.7 Å². The van der Waals surface area contributed by atoms with Gasteiger partial charge < -0.3 is 15.4 Å². The monoisotopic (exact) mass is 393 g/mol. The molecule has 2 fully saturated rings.